The van der Waals surface area contributed by atoms with Gasteiger partial charge in [-0.1, -0.05) is 32.1 Å². The number of fused-ring (bicyclic) bond motifs is 1. The first-order valence-electron chi connectivity index (χ1n) is 10.4. The maximum atomic E-state index is 9.55. The molecule has 0 aromatic carbocycles. The van der Waals surface area contributed by atoms with Crippen LogP contribution in [0.5, 0.6) is 0 Å². The van der Waals surface area contributed by atoms with Crippen molar-refractivity contribution < 1.29 is 19.8 Å². The molecular weight excluding hydrogens is 380 g/mol. The molecular formula is C24H30N2O4. The van der Waals surface area contributed by atoms with E-state index in [1.54, 1.807) is 22.3 Å². The Hall–Kier alpha value is -3.02. The quantitative estimate of drug-likeness (QED) is 0.417. The van der Waals surface area contributed by atoms with Crippen molar-refractivity contribution in [1.29, 1.82) is 0 Å². The first-order chi connectivity index (χ1) is 14.2. The van der Waals surface area contributed by atoms with Gasteiger partial charge in [-0.3, -0.25) is 0 Å². The zero-order chi connectivity index (χ0) is 22.0. The minimum Gasteiger partial charge on any atom is -0.478 e. The van der Waals surface area contributed by atoms with Gasteiger partial charge in [-0.25, -0.2) is 9.59 Å². The van der Waals surface area contributed by atoms with E-state index < -0.39 is 11.9 Å². The van der Waals surface area contributed by atoms with Gasteiger partial charge in [0.05, 0.1) is 6.04 Å². The van der Waals surface area contributed by atoms with Crippen LogP contribution in [0.2, 0.25) is 0 Å². The molecule has 0 fully saturated rings. The average molecular weight is 411 g/mol. The van der Waals surface area contributed by atoms with Crippen LogP contribution in [0.25, 0.3) is 0 Å². The summed E-state index contributed by atoms with van der Waals surface area (Å²) in [6.07, 6.45) is 9.43. The van der Waals surface area contributed by atoms with Crippen molar-refractivity contribution in [3.63, 3.8) is 0 Å². The normalized spacial score (nSPS) is 24.1. The lowest BCUT2D eigenvalue weighted by Crippen LogP contribution is -2.43. The second-order valence-electron chi connectivity index (χ2n) is 8.42. The summed E-state index contributed by atoms with van der Waals surface area (Å²) < 4.78 is 0. The lowest BCUT2D eigenvalue weighted by atomic mass is 9.69. The van der Waals surface area contributed by atoms with E-state index in [-0.39, 0.29) is 0 Å². The minimum atomic E-state index is -1.26. The first-order valence-corrected chi connectivity index (χ1v) is 10.4. The average Bonchev–Trinajstić information content (AvgIpc) is 3.11. The Bertz CT molecular complexity index is 915. The maximum absolute atomic E-state index is 9.55. The largest absolute Gasteiger partial charge is 0.478 e. The van der Waals surface area contributed by atoms with Gasteiger partial charge in [-0.05, 0) is 54.9 Å². The van der Waals surface area contributed by atoms with Crippen molar-refractivity contribution in [3.8, 4) is 0 Å². The molecule has 0 bridgehead atoms. The third-order valence-electron chi connectivity index (χ3n) is 6.04. The molecule has 0 radical (unpaired) electrons. The lowest BCUT2D eigenvalue weighted by Gasteiger charge is -2.41. The summed E-state index contributed by atoms with van der Waals surface area (Å²) in [6, 6.07) is 0.386. The van der Waals surface area contributed by atoms with E-state index in [0.29, 0.717) is 30.0 Å². The second kappa shape index (κ2) is 8.78. The summed E-state index contributed by atoms with van der Waals surface area (Å²) in [6.45, 7) is 12.2. The highest BCUT2D eigenvalue weighted by molar-refractivity contribution is 5.89. The summed E-state index contributed by atoms with van der Waals surface area (Å²) >= 11 is 0. The number of nitrogens with one attached hydrogen (secondary N) is 2. The number of carboxylic acids is 2. The van der Waals surface area contributed by atoms with E-state index in [9.17, 15) is 9.59 Å². The fourth-order valence-corrected chi connectivity index (χ4v) is 4.63. The monoisotopic (exact) mass is 410 g/mol. The molecule has 0 amide bonds. The third kappa shape index (κ3) is 4.42. The van der Waals surface area contributed by atoms with Gasteiger partial charge in [-0.15, -0.1) is 0 Å². The molecule has 0 saturated carbocycles. The molecule has 0 aromatic heterocycles. The van der Waals surface area contributed by atoms with Crippen molar-refractivity contribution in [2.75, 3.05) is 6.54 Å². The minimum absolute atomic E-state index is 0.386. The van der Waals surface area contributed by atoms with Gasteiger partial charge in [0.1, 0.15) is 0 Å². The van der Waals surface area contributed by atoms with Gasteiger partial charge in [-0.2, -0.15) is 0 Å². The highest BCUT2D eigenvalue weighted by atomic mass is 16.4. The van der Waals surface area contributed by atoms with E-state index in [1.165, 1.54) is 36.2 Å². The number of rotatable bonds is 4. The molecule has 4 rings (SSSR count). The van der Waals surface area contributed by atoms with Crippen molar-refractivity contribution in [1.82, 2.24) is 10.6 Å². The fourth-order valence-electron chi connectivity index (χ4n) is 4.63. The molecule has 4 N–H and O–H groups in total. The van der Waals surface area contributed by atoms with E-state index in [2.05, 4.69) is 50.1 Å². The van der Waals surface area contributed by atoms with Crippen molar-refractivity contribution >= 4 is 11.9 Å². The van der Waals surface area contributed by atoms with Gasteiger partial charge in [0, 0.05) is 41.6 Å². The molecule has 160 valence electrons. The topological polar surface area (TPSA) is 98.7 Å². The van der Waals surface area contributed by atoms with E-state index >= 15 is 0 Å². The Morgan fingerprint density at radius 3 is 2.50 bits per heavy atom. The molecule has 2 heterocycles. The molecule has 2 unspecified atom stereocenters. The van der Waals surface area contributed by atoms with Crippen LogP contribution in [-0.4, -0.2) is 34.7 Å². The zero-order valence-electron chi connectivity index (χ0n) is 17.8. The van der Waals surface area contributed by atoms with Crippen LogP contribution >= 0.6 is 0 Å². The van der Waals surface area contributed by atoms with Gasteiger partial charge >= 0.3 is 11.9 Å². The standard InChI is InChI=1S/C20H26N2.C4H4O4/c1-11(2)13(4)20-17-9-14-10-21-18-7-5-6-15(19(14)18)16(17)8-12(3)22-20;5-3(6)1-2-4(7)8/h7-8,11,17,20-22H,4-6,9-10H2,1-3H3;1-2H,(H,5,6)(H,7,8)/b;2-1-. The summed E-state index contributed by atoms with van der Waals surface area (Å²) in [5.74, 6) is -1.43. The van der Waals surface area contributed by atoms with Crippen LogP contribution in [0.1, 0.15) is 40.0 Å². The first kappa shape index (κ1) is 21.7. The molecule has 0 spiro atoms. The van der Waals surface area contributed by atoms with Gasteiger partial charge in [0.25, 0.3) is 0 Å². The van der Waals surface area contributed by atoms with Gasteiger partial charge < -0.3 is 20.8 Å². The predicted molar refractivity (Wildman–Crippen MR) is 117 cm³/mol. The third-order valence-corrected chi connectivity index (χ3v) is 6.04. The number of allylic oxidation sites excluding steroid dienone is 4. The summed E-state index contributed by atoms with van der Waals surface area (Å²) in [4.78, 5) is 19.1. The highest BCUT2D eigenvalue weighted by Crippen LogP contribution is 2.48. The molecule has 0 aromatic rings. The van der Waals surface area contributed by atoms with Crippen molar-refractivity contribution in [2.24, 2.45) is 11.8 Å². The van der Waals surface area contributed by atoms with E-state index in [1.807, 2.05) is 0 Å². The lowest BCUT2D eigenvalue weighted by molar-refractivity contribution is -0.134. The predicted octanol–water partition coefficient (Wildman–Crippen LogP) is 3.68. The smallest absolute Gasteiger partial charge is 0.328 e. The van der Waals surface area contributed by atoms with E-state index in [0.717, 1.165) is 6.54 Å². The highest BCUT2D eigenvalue weighted by Gasteiger charge is 2.40. The Labute approximate surface area is 177 Å². The molecule has 2 atom stereocenters. The van der Waals surface area contributed by atoms with Crippen LogP contribution < -0.4 is 10.6 Å². The second-order valence-corrected chi connectivity index (χ2v) is 8.42. The Morgan fingerprint density at radius 1 is 1.23 bits per heavy atom. The maximum Gasteiger partial charge on any atom is 0.328 e. The number of hydrogen-bond donors (Lipinski definition) is 4. The van der Waals surface area contributed by atoms with Crippen LogP contribution in [-0.2, 0) is 9.59 Å². The zero-order valence-corrected chi connectivity index (χ0v) is 17.8. The Kier molecular flexibility index (Phi) is 6.34. The number of aliphatic carboxylic acids is 2. The molecule has 2 aliphatic carbocycles. The number of carboxylic acid groups (broad SMARTS) is 2. The van der Waals surface area contributed by atoms with Gasteiger partial charge in [0.15, 0.2) is 0 Å². The summed E-state index contributed by atoms with van der Waals surface area (Å²) in [7, 11) is 0. The van der Waals surface area contributed by atoms with Crippen LogP contribution in [0, 0.1) is 11.8 Å². The van der Waals surface area contributed by atoms with Gasteiger partial charge in [0.2, 0.25) is 0 Å². The number of hydrogen-bond acceptors (Lipinski definition) is 4. The summed E-state index contributed by atoms with van der Waals surface area (Å²) in [5.41, 5.74) is 10.4. The Balaban J connectivity index is 0.000000275. The molecule has 4 aliphatic rings. The van der Waals surface area contributed by atoms with Crippen LogP contribution in [0.3, 0.4) is 0 Å². The molecule has 6 heteroatoms. The van der Waals surface area contributed by atoms with Crippen molar-refractivity contribution in [2.45, 2.75) is 46.1 Å². The Morgan fingerprint density at radius 2 is 1.90 bits per heavy atom. The summed E-state index contributed by atoms with van der Waals surface area (Å²) in [5, 5.41) is 23.0. The number of carbonyl (C=O) groups is 2. The van der Waals surface area contributed by atoms with E-state index in [4.69, 9.17) is 10.2 Å². The molecule has 2 aliphatic heterocycles. The van der Waals surface area contributed by atoms with Crippen LogP contribution in [0.4, 0.5) is 0 Å². The van der Waals surface area contributed by atoms with Crippen LogP contribution in [0.15, 0.2) is 70.1 Å². The SMILES string of the molecule is C=C(C(C)C)C1NC(C)=CC2=C3CCC=C4NCC(=C43)CC21.O=C(O)/C=C\C(=O)O. The van der Waals surface area contributed by atoms with Crippen molar-refractivity contribution in [3.05, 3.63) is 70.1 Å². The molecule has 30 heavy (non-hydrogen) atoms. The fraction of sp³-hybridized carbons (Fsp3) is 0.417. The molecule has 6 nitrogen and oxygen atoms in total. The molecule has 0 saturated heterocycles.